The molecular weight excluding hydrogens is 394 g/mol. The molecule has 0 bridgehead atoms. The highest BCUT2D eigenvalue weighted by Gasteiger charge is 2.20. The summed E-state index contributed by atoms with van der Waals surface area (Å²) >= 11 is 6.10. The molecule has 0 saturated carbocycles. The van der Waals surface area contributed by atoms with E-state index < -0.39 is 11.7 Å². The average molecular weight is 420 g/mol. The van der Waals surface area contributed by atoms with Gasteiger partial charge in [0.05, 0.1) is 18.2 Å². The zero-order chi connectivity index (χ0) is 21.2. The number of amides is 1. The third kappa shape index (κ3) is 5.41. The van der Waals surface area contributed by atoms with Gasteiger partial charge in [0.1, 0.15) is 22.8 Å². The van der Waals surface area contributed by atoms with Crippen LogP contribution in [0.15, 0.2) is 22.8 Å². The molecule has 3 N–H and O–H groups in total. The van der Waals surface area contributed by atoms with Gasteiger partial charge in [0.15, 0.2) is 0 Å². The minimum Gasteiger partial charge on any atom is -0.467 e. The second-order valence-corrected chi connectivity index (χ2v) is 8.32. The summed E-state index contributed by atoms with van der Waals surface area (Å²) in [5, 5.41) is 7.12. The fourth-order valence-corrected chi connectivity index (χ4v) is 3.22. The molecule has 3 aromatic rings. The molecule has 1 atom stereocenters. The first-order chi connectivity index (χ1) is 13.6. The maximum absolute atomic E-state index is 12.0. The third-order valence-corrected chi connectivity index (χ3v) is 4.43. The van der Waals surface area contributed by atoms with Crippen LogP contribution >= 0.6 is 11.6 Å². The van der Waals surface area contributed by atoms with Crippen molar-refractivity contribution in [1.82, 2.24) is 20.3 Å². The van der Waals surface area contributed by atoms with Gasteiger partial charge in [-0.3, -0.25) is 0 Å². The molecular formula is C20H26ClN5O3. The SMILES string of the molecule is Cc1c(C[C@H](C)NC(=O)OC(C)(C)C)[nH]c2nc(Cl)nc(NCc3ccco3)c12. The van der Waals surface area contributed by atoms with E-state index >= 15 is 0 Å². The first-order valence-corrected chi connectivity index (χ1v) is 9.80. The van der Waals surface area contributed by atoms with Crippen molar-refractivity contribution < 1.29 is 13.9 Å². The van der Waals surface area contributed by atoms with Crippen LogP contribution < -0.4 is 10.6 Å². The van der Waals surface area contributed by atoms with Crippen molar-refractivity contribution in [3.8, 4) is 0 Å². The van der Waals surface area contributed by atoms with Crippen molar-refractivity contribution in [1.29, 1.82) is 0 Å². The Labute approximate surface area is 174 Å². The van der Waals surface area contributed by atoms with Gasteiger partial charge in [-0.2, -0.15) is 4.98 Å². The first-order valence-electron chi connectivity index (χ1n) is 9.43. The third-order valence-electron chi connectivity index (χ3n) is 4.26. The summed E-state index contributed by atoms with van der Waals surface area (Å²) in [6, 6.07) is 3.57. The van der Waals surface area contributed by atoms with Gasteiger partial charge in [0.25, 0.3) is 0 Å². The summed E-state index contributed by atoms with van der Waals surface area (Å²) in [7, 11) is 0. The predicted molar refractivity (Wildman–Crippen MR) is 112 cm³/mol. The van der Waals surface area contributed by atoms with Crippen LogP contribution in [0.4, 0.5) is 10.6 Å². The van der Waals surface area contributed by atoms with Gasteiger partial charge in [0.2, 0.25) is 5.28 Å². The van der Waals surface area contributed by atoms with Crippen molar-refractivity contribution in [3.63, 3.8) is 0 Å². The second-order valence-electron chi connectivity index (χ2n) is 7.98. The molecule has 0 aliphatic rings. The lowest BCUT2D eigenvalue weighted by atomic mass is 10.1. The summed E-state index contributed by atoms with van der Waals surface area (Å²) < 4.78 is 10.7. The maximum atomic E-state index is 12.0. The van der Waals surface area contributed by atoms with Crippen LogP contribution in [-0.2, 0) is 17.7 Å². The van der Waals surface area contributed by atoms with Crippen molar-refractivity contribution in [2.75, 3.05) is 5.32 Å². The van der Waals surface area contributed by atoms with E-state index in [0.717, 1.165) is 22.4 Å². The van der Waals surface area contributed by atoms with Crippen LogP contribution in [0.5, 0.6) is 0 Å². The normalized spacial score (nSPS) is 12.8. The number of aryl methyl sites for hydroxylation is 1. The Kier molecular flexibility index (Phi) is 6.02. The maximum Gasteiger partial charge on any atom is 0.407 e. The fraction of sp³-hybridized carbons (Fsp3) is 0.450. The van der Waals surface area contributed by atoms with Crippen LogP contribution in [0.1, 0.15) is 44.7 Å². The lowest BCUT2D eigenvalue weighted by Gasteiger charge is -2.21. The molecule has 0 fully saturated rings. The molecule has 9 heteroatoms. The summed E-state index contributed by atoms with van der Waals surface area (Å²) in [6.45, 7) is 9.88. The summed E-state index contributed by atoms with van der Waals surface area (Å²) in [6.07, 6.45) is 1.76. The van der Waals surface area contributed by atoms with Crippen molar-refractivity contribution in [2.24, 2.45) is 0 Å². The number of rotatable bonds is 6. The molecule has 0 aliphatic carbocycles. The Balaban J connectivity index is 1.78. The Hall–Kier alpha value is -2.74. The fourth-order valence-electron chi connectivity index (χ4n) is 3.05. The Bertz CT molecular complexity index is 992. The van der Waals surface area contributed by atoms with Crippen LogP contribution in [0, 0.1) is 6.92 Å². The lowest BCUT2D eigenvalue weighted by Crippen LogP contribution is -2.38. The van der Waals surface area contributed by atoms with Crippen LogP contribution in [0.3, 0.4) is 0 Å². The molecule has 3 heterocycles. The predicted octanol–water partition coefficient (Wildman–Crippen LogP) is 4.58. The number of alkyl carbamates (subject to hydrolysis) is 1. The molecule has 3 aromatic heterocycles. The van der Waals surface area contributed by atoms with Crippen LogP contribution in [0.2, 0.25) is 5.28 Å². The average Bonchev–Trinajstić information content (AvgIpc) is 3.19. The van der Waals surface area contributed by atoms with Gasteiger partial charge in [0, 0.05) is 18.2 Å². The van der Waals surface area contributed by atoms with Crippen molar-refractivity contribution in [2.45, 2.75) is 59.2 Å². The van der Waals surface area contributed by atoms with Crippen LogP contribution in [-0.4, -0.2) is 32.7 Å². The minimum atomic E-state index is -0.540. The number of anilines is 1. The summed E-state index contributed by atoms with van der Waals surface area (Å²) in [4.78, 5) is 23.9. The number of carbonyl (C=O) groups is 1. The number of aromatic nitrogens is 3. The molecule has 0 aromatic carbocycles. The van der Waals surface area contributed by atoms with E-state index in [9.17, 15) is 4.79 Å². The van der Waals surface area contributed by atoms with Gasteiger partial charge in [-0.05, 0) is 63.9 Å². The number of halogens is 1. The number of ether oxygens (including phenoxy) is 1. The van der Waals surface area contributed by atoms with Crippen molar-refractivity contribution in [3.05, 3.63) is 40.7 Å². The number of fused-ring (bicyclic) bond motifs is 1. The first kappa shape index (κ1) is 21.0. The largest absolute Gasteiger partial charge is 0.467 e. The summed E-state index contributed by atoms with van der Waals surface area (Å²) in [5.74, 6) is 1.42. The molecule has 0 saturated heterocycles. The summed E-state index contributed by atoms with van der Waals surface area (Å²) in [5.41, 5.74) is 2.04. The number of carbonyl (C=O) groups excluding carboxylic acids is 1. The Morgan fingerprint density at radius 3 is 2.79 bits per heavy atom. The molecule has 8 nitrogen and oxygen atoms in total. The van der Waals surface area contributed by atoms with E-state index in [2.05, 4.69) is 25.6 Å². The number of nitrogens with zero attached hydrogens (tertiary/aromatic N) is 2. The standard InChI is InChI=1S/C20H26ClN5O3/c1-11(23-19(27)29-20(3,4)5)9-14-12(2)15-16(22-10-13-7-6-8-28-13)25-18(21)26-17(15)24-14/h6-8,11H,9-10H2,1-5H3,(H,23,27)(H2,22,24,25,26)/t11-/m0/s1. The molecule has 0 unspecified atom stereocenters. The highest BCUT2D eigenvalue weighted by molar-refractivity contribution is 6.28. The zero-order valence-electron chi connectivity index (χ0n) is 17.2. The molecule has 0 spiro atoms. The Morgan fingerprint density at radius 1 is 1.38 bits per heavy atom. The van der Waals surface area contributed by atoms with E-state index in [4.69, 9.17) is 20.8 Å². The van der Waals surface area contributed by atoms with E-state index in [1.54, 1.807) is 6.26 Å². The number of nitrogens with one attached hydrogen (secondary N) is 3. The van der Waals surface area contributed by atoms with Crippen LogP contribution in [0.25, 0.3) is 11.0 Å². The molecule has 0 radical (unpaired) electrons. The lowest BCUT2D eigenvalue weighted by molar-refractivity contribution is 0.0508. The van der Waals surface area contributed by atoms with Gasteiger partial charge in [-0.15, -0.1) is 0 Å². The van der Waals surface area contributed by atoms with E-state index in [1.807, 2.05) is 46.8 Å². The van der Waals surface area contributed by atoms with E-state index in [0.29, 0.717) is 24.4 Å². The highest BCUT2D eigenvalue weighted by atomic mass is 35.5. The quantitative estimate of drug-likeness (QED) is 0.505. The monoisotopic (exact) mass is 419 g/mol. The zero-order valence-corrected chi connectivity index (χ0v) is 18.0. The van der Waals surface area contributed by atoms with Crippen molar-refractivity contribution >= 4 is 34.5 Å². The molecule has 29 heavy (non-hydrogen) atoms. The number of hydrogen-bond donors (Lipinski definition) is 3. The number of furan rings is 1. The van der Waals surface area contributed by atoms with Gasteiger partial charge in [-0.25, -0.2) is 9.78 Å². The molecule has 3 rings (SSSR count). The minimum absolute atomic E-state index is 0.139. The smallest absolute Gasteiger partial charge is 0.407 e. The molecule has 0 aliphatic heterocycles. The molecule has 156 valence electrons. The topological polar surface area (TPSA) is 105 Å². The highest BCUT2D eigenvalue weighted by Crippen LogP contribution is 2.29. The Morgan fingerprint density at radius 2 is 2.14 bits per heavy atom. The second kappa shape index (κ2) is 8.32. The van der Waals surface area contributed by atoms with Gasteiger partial charge < -0.3 is 24.8 Å². The van der Waals surface area contributed by atoms with E-state index in [1.165, 1.54) is 0 Å². The van der Waals surface area contributed by atoms with Gasteiger partial charge >= 0.3 is 6.09 Å². The number of H-pyrrole nitrogens is 1. The number of hydrogen-bond acceptors (Lipinski definition) is 6. The van der Waals surface area contributed by atoms with Gasteiger partial charge in [-0.1, -0.05) is 0 Å². The van der Waals surface area contributed by atoms with E-state index in [-0.39, 0.29) is 11.3 Å². The number of aromatic amines is 1. The molecule has 1 amide bonds.